The average Bonchev–Trinajstić information content (AvgIpc) is 4.02. The van der Waals surface area contributed by atoms with E-state index in [0.29, 0.717) is 0 Å². The van der Waals surface area contributed by atoms with Crippen LogP contribution in [0, 0.1) is 20.2 Å². The summed E-state index contributed by atoms with van der Waals surface area (Å²) in [5.74, 6) is 2.32. The Morgan fingerprint density at radius 2 is 1.16 bits per heavy atom. The summed E-state index contributed by atoms with van der Waals surface area (Å²) in [6, 6.07) is 70.8. The van der Waals surface area contributed by atoms with Crippen molar-refractivity contribution in [2.75, 3.05) is 9.62 Å². The molecular formula is C60H49BN6O. The number of aromatic nitrogens is 4. The first-order valence-corrected chi connectivity index (χ1v) is 23.3. The van der Waals surface area contributed by atoms with Crippen molar-refractivity contribution in [3.8, 4) is 28.6 Å². The molecule has 0 N–H and O–H groups in total. The molecule has 68 heavy (non-hydrogen) atoms. The van der Waals surface area contributed by atoms with Gasteiger partial charge < -0.3 is 18.9 Å². The Labute approximate surface area is 397 Å². The van der Waals surface area contributed by atoms with Crippen molar-refractivity contribution < 1.29 is 9.30 Å². The minimum atomic E-state index is -0.209. The van der Waals surface area contributed by atoms with E-state index in [-0.39, 0.29) is 12.4 Å². The van der Waals surface area contributed by atoms with Crippen molar-refractivity contribution in [2.45, 2.75) is 40.0 Å². The molecule has 0 amide bonds. The maximum Gasteiger partial charge on any atom is 0.422 e. The van der Waals surface area contributed by atoms with Gasteiger partial charge in [0, 0.05) is 28.7 Å². The Hall–Kier alpha value is -8.36. The predicted molar refractivity (Wildman–Crippen MR) is 279 cm³/mol. The van der Waals surface area contributed by atoms with E-state index in [9.17, 15) is 0 Å². The third-order valence-electron chi connectivity index (χ3n) is 13.5. The van der Waals surface area contributed by atoms with Crippen molar-refractivity contribution in [1.29, 1.82) is 0 Å². The number of aryl methyl sites for hydroxylation is 2. The van der Waals surface area contributed by atoms with Crippen molar-refractivity contribution in [2.24, 2.45) is 0 Å². The summed E-state index contributed by atoms with van der Waals surface area (Å²) in [5, 5.41) is 2.45. The summed E-state index contributed by atoms with van der Waals surface area (Å²) < 4.78 is 13.6. The summed E-state index contributed by atoms with van der Waals surface area (Å²) in [4.78, 5) is 9.94. The lowest BCUT2D eigenvalue weighted by Gasteiger charge is -2.32. The fourth-order valence-electron chi connectivity index (χ4n) is 10.2. The molecule has 1 aliphatic rings. The van der Waals surface area contributed by atoms with Gasteiger partial charge in [-0.1, -0.05) is 147 Å². The van der Waals surface area contributed by atoms with Crippen molar-refractivity contribution >= 4 is 68.2 Å². The number of pyridine rings is 1. The normalized spacial score (nSPS) is 12.7. The van der Waals surface area contributed by atoms with Crippen LogP contribution in [-0.4, -0.2) is 21.1 Å². The first-order valence-electron chi connectivity index (χ1n) is 23.3. The van der Waals surface area contributed by atoms with Crippen LogP contribution >= 0.6 is 0 Å². The molecule has 7 nitrogen and oxygen atoms in total. The number of hydrogen-bond acceptors (Lipinski definition) is 4. The van der Waals surface area contributed by atoms with Crippen LogP contribution in [0.15, 0.2) is 206 Å². The number of hydrogen-bond donors (Lipinski definition) is 0. The number of anilines is 4. The van der Waals surface area contributed by atoms with E-state index in [0.717, 1.165) is 73.5 Å². The Kier molecular flexibility index (Phi) is 9.80. The number of fused-ring (bicyclic) bond motifs is 5. The van der Waals surface area contributed by atoms with E-state index in [1.807, 2.05) is 12.3 Å². The molecule has 0 unspecified atom stereocenters. The average molecular weight is 881 g/mol. The molecule has 0 aliphatic carbocycles. The third kappa shape index (κ3) is 6.82. The standard InChI is InChI=1S/C60H49BN6O/c1-41-19-17-20-42(2)59(41)61-66(44-21-7-6-8-22-44)56-34-33-47(39-57(56)67(61)58-37-43(35-36-62-58)60(3,4)5)68-46-24-18-23-45(38-46)63-40-64(53-30-14-13-29-52(53)63)54-31-15-16-32-55(54)65-50-27-11-9-25-48(50)49-26-10-12-28-51(49)65/h6-39H,1-5H3. The van der Waals surface area contributed by atoms with Crippen LogP contribution in [0.2, 0.25) is 0 Å². The molecule has 0 bridgehead atoms. The number of para-hydroxylation sites is 7. The van der Waals surface area contributed by atoms with Crippen molar-refractivity contribution in [1.82, 2.24) is 14.1 Å². The van der Waals surface area contributed by atoms with E-state index in [1.54, 1.807) is 0 Å². The van der Waals surface area contributed by atoms with Gasteiger partial charge in [0.1, 0.15) is 17.3 Å². The molecule has 0 atom stereocenters. The minimum Gasteiger partial charge on any atom is -0.458 e. The molecule has 8 heteroatoms. The molecule has 328 valence electrons. The zero-order chi connectivity index (χ0) is 46.1. The number of rotatable bonds is 8. The predicted octanol–water partition coefficient (Wildman–Crippen LogP) is 13.6. The number of imidazole rings is 1. The highest BCUT2D eigenvalue weighted by Gasteiger charge is 2.46. The van der Waals surface area contributed by atoms with Gasteiger partial charge in [-0.15, -0.1) is 0 Å². The Bertz CT molecular complexity index is 3640. The van der Waals surface area contributed by atoms with Gasteiger partial charge >= 0.3 is 6.98 Å². The zero-order valence-corrected chi connectivity index (χ0v) is 38.8. The van der Waals surface area contributed by atoms with E-state index in [1.165, 1.54) is 32.9 Å². The molecule has 11 aromatic rings. The Balaban J connectivity index is 0.965. The summed E-state index contributed by atoms with van der Waals surface area (Å²) in [7, 11) is 0. The van der Waals surface area contributed by atoms with E-state index < -0.39 is 0 Å². The van der Waals surface area contributed by atoms with Gasteiger partial charge in [-0.25, -0.2) is 4.98 Å². The SMILES string of the molecule is Cc1cccc(C)c1B1N(c2ccccc2)c2ccc(Oc3cccc(-n4[c-][n+](-c5ccccc5-n5c6ccccc6c6ccccc65)c5ccccc54)c3)cc2N1c1cc(C(C)(C)C)ccn1. The van der Waals surface area contributed by atoms with Gasteiger partial charge in [-0.05, 0) is 109 Å². The van der Waals surface area contributed by atoms with Crippen LogP contribution in [0.3, 0.4) is 0 Å². The van der Waals surface area contributed by atoms with Crippen LogP contribution in [0.25, 0.3) is 49.9 Å². The van der Waals surface area contributed by atoms with Gasteiger partial charge in [0.15, 0.2) is 0 Å². The first kappa shape index (κ1) is 41.1. The Morgan fingerprint density at radius 1 is 0.529 bits per heavy atom. The third-order valence-corrected chi connectivity index (χ3v) is 13.5. The van der Waals surface area contributed by atoms with Crippen LogP contribution < -0.4 is 24.4 Å². The molecule has 1 aliphatic heterocycles. The molecule has 12 rings (SSSR count). The number of ether oxygens (including phenoxy) is 1. The van der Waals surface area contributed by atoms with Gasteiger partial charge in [0.05, 0.1) is 50.5 Å². The highest BCUT2D eigenvalue weighted by Crippen LogP contribution is 2.48. The second-order valence-corrected chi connectivity index (χ2v) is 18.8. The second-order valence-electron chi connectivity index (χ2n) is 18.8. The zero-order valence-electron chi connectivity index (χ0n) is 38.8. The largest absolute Gasteiger partial charge is 0.458 e. The molecule has 0 saturated carbocycles. The molecule has 4 heterocycles. The van der Waals surface area contributed by atoms with Crippen LogP contribution in [-0.2, 0) is 5.41 Å². The summed E-state index contributed by atoms with van der Waals surface area (Å²) in [6.07, 6.45) is 5.73. The fourth-order valence-corrected chi connectivity index (χ4v) is 10.2. The molecule has 3 aromatic heterocycles. The lowest BCUT2D eigenvalue weighted by atomic mass is 9.61. The van der Waals surface area contributed by atoms with E-state index >= 15 is 0 Å². The molecular weight excluding hydrogens is 832 g/mol. The lowest BCUT2D eigenvalue weighted by molar-refractivity contribution is -0.572. The van der Waals surface area contributed by atoms with Crippen LogP contribution in [0.4, 0.5) is 22.9 Å². The van der Waals surface area contributed by atoms with Gasteiger partial charge in [-0.3, -0.25) is 9.13 Å². The topological polar surface area (TPSA) is 42.3 Å². The van der Waals surface area contributed by atoms with E-state index in [2.05, 4.69) is 258 Å². The quantitative estimate of drug-likeness (QED) is 0.0866. The summed E-state index contributed by atoms with van der Waals surface area (Å²) in [5.41, 5.74) is 15.4. The van der Waals surface area contributed by atoms with Crippen LogP contribution in [0.1, 0.15) is 37.5 Å². The minimum absolute atomic E-state index is 0.0686. The molecule has 0 spiro atoms. The fraction of sp³-hybridized carbons (Fsp3) is 0.100. The molecule has 0 fully saturated rings. The van der Waals surface area contributed by atoms with Gasteiger partial charge in [-0.2, -0.15) is 0 Å². The van der Waals surface area contributed by atoms with Crippen LogP contribution in [0.5, 0.6) is 11.5 Å². The summed E-state index contributed by atoms with van der Waals surface area (Å²) >= 11 is 0. The smallest absolute Gasteiger partial charge is 0.422 e. The van der Waals surface area contributed by atoms with Gasteiger partial charge in [0.25, 0.3) is 6.33 Å². The number of benzene rings is 8. The first-order chi connectivity index (χ1) is 33.2. The highest BCUT2D eigenvalue weighted by atomic mass is 16.5. The van der Waals surface area contributed by atoms with Crippen molar-refractivity contribution in [3.05, 3.63) is 229 Å². The highest BCUT2D eigenvalue weighted by molar-refractivity contribution is 6.85. The second kappa shape index (κ2) is 16.2. The van der Waals surface area contributed by atoms with Gasteiger partial charge in [0.2, 0.25) is 0 Å². The molecule has 0 radical (unpaired) electrons. The summed E-state index contributed by atoms with van der Waals surface area (Å²) in [6.45, 7) is 11.0. The van der Waals surface area contributed by atoms with Crippen molar-refractivity contribution in [3.63, 3.8) is 0 Å². The lowest BCUT2D eigenvalue weighted by Crippen LogP contribution is -2.55. The monoisotopic (exact) mass is 880 g/mol. The molecule has 8 aromatic carbocycles. The number of nitrogens with zero attached hydrogens (tertiary/aromatic N) is 6. The maximum atomic E-state index is 6.91. The Morgan fingerprint density at radius 3 is 1.91 bits per heavy atom. The maximum absolute atomic E-state index is 6.91. The molecule has 0 saturated heterocycles. The van der Waals surface area contributed by atoms with E-state index in [4.69, 9.17) is 9.72 Å².